The van der Waals surface area contributed by atoms with Crippen LogP contribution in [0.5, 0.6) is 5.75 Å². The first-order chi connectivity index (χ1) is 15.5. The Balaban J connectivity index is 1.68. The number of pyridine rings is 1. The van der Waals surface area contributed by atoms with Crippen LogP contribution < -0.4 is 9.64 Å². The number of hydrogen-bond acceptors (Lipinski definition) is 7. The van der Waals surface area contributed by atoms with Crippen molar-refractivity contribution in [2.24, 2.45) is 0 Å². The van der Waals surface area contributed by atoms with Crippen LogP contribution in [0.3, 0.4) is 0 Å². The summed E-state index contributed by atoms with van der Waals surface area (Å²) in [4.78, 5) is 33.1. The van der Waals surface area contributed by atoms with E-state index in [0.717, 1.165) is 24.0 Å². The molecule has 2 aromatic rings. The molecular formula is C23H27N3O6. The first kappa shape index (κ1) is 22.0. The van der Waals surface area contributed by atoms with E-state index in [0.29, 0.717) is 37.0 Å². The number of carbonyl (C=O) groups is 2. The molecule has 32 heavy (non-hydrogen) atoms. The number of ether oxygens (including phenoxy) is 4. The molecule has 2 aliphatic heterocycles. The molecule has 1 saturated heterocycles. The molecule has 0 spiro atoms. The Morgan fingerprint density at radius 1 is 1.25 bits per heavy atom. The van der Waals surface area contributed by atoms with Crippen molar-refractivity contribution in [1.29, 1.82) is 0 Å². The Labute approximate surface area is 186 Å². The van der Waals surface area contributed by atoms with Crippen LogP contribution in [0.4, 0.5) is 15.4 Å². The smallest absolute Gasteiger partial charge is 0.420 e. The van der Waals surface area contributed by atoms with Crippen LogP contribution in [0.1, 0.15) is 36.5 Å². The van der Waals surface area contributed by atoms with Gasteiger partial charge in [0.25, 0.3) is 0 Å². The van der Waals surface area contributed by atoms with Gasteiger partial charge in [0.05, 0.1) is 12.6 Å². The number of aryl methyl sites for hydroxylation is 1. The fourth-order valence-electron chi connectivity index (χ4n) is 3.98. The van der Waals surface area contributed by atoms with E-state index in [1.165, 1.54) is 19.1 Å². The molecule has 2 aliphatic rings. The number of rotatable bonds is 6. The Morgan fingerprint density at radius 3 is 2.66 bits per heavy atom. The summed E-state index contributed by atoms with van der Waals surface area (Å²) in [6.07, 6.45) is -0.0717. The molecule has 1 atom stereocenters. The number of carbonyl (C=O) groups excluding carboxylic acids is 2. The van der Waals surface area contributed by atoms with Gasteiger partial charge in [0.15, 0.2) is 0 Å². The van der Waals surface area contributed by atoms with Gasteiger partial charge in [-0.15, -0.1) is 0 Å². The third-order valence-electron chi connectivity index (χ3n) is 5.65. The minimum absolute atomic E-state index is 0.0488. The topological polar surface area (TPSA) is 90.4 Å². The van der Waals surface area contributed by atoms with Gasteiger partial charge in [-0.3, -0.25) is 9.80 Å². The summed E-state index contributed by atoms with van der Waals surface area (Å²) in [5.41, 5.74) is 2.22. The van der Waals surface area contributed by atoms with Crippen LogP contribution in [-0.4, -0.2) is 55.5 Å². The molecule has 0 saturated carbocycles. The number of anilines is 1. The number of methoxy groups -OCH3 is 2. The largest absolute Gasteiger partial charge is 0.447 e. The highest BCUT2D eigenvalue weighted by atomic mass is 16.7. The fraction of sp³-hybridized carbons (Fsp3) is 0.435. The molecule has 1 aromatic heterocycles. The summed E-state index contributed by atoms with van der Waals surface area (Å²) in [7, 11) is 3.04. The van der Waals surface area contributed by atoms with Gasteiger partial charge < -0.3 is 18.9 Å². The summed E-state index contributed by atoms with van der Waals surface area (Å²) in [6.45, 7) is 3.09. The average molecular weight is 441 g/mol. The monoisotopic (exact) mass is 441 g/mol. The van der Waals surface area contributed by atoms with E-state index in [1.54, 1.807) is 17.0 Å². The van der Waals surface area contributed by atoms with Gasteiger partial charge in [-0.1, -0.05) is 18.2 Å². The maximum atomic E-state index is 12.9. The number of cyclic esters (lactones) is 1. The van der Waals surface area contributed by atoms with Gasteiger partial charge in [-0.25, -0.2) is 14.6 Å². The fourth-order valence-corrected chi connectivity index (χ4v) is 3.98. The van der Waals surface area contributed by atoms with E-state index < -0.39 is 12.4 Å². The molecule has 1 aromatic carbocycles. The van der Waals surface area contributed by atoms with Gasteiger partial charge >= 0.3 is 12.2 Å². The molecule has 170 valence electrons. The van der Waals surface area contributed by atoms with Gasteiger partial charge in [-0.05, 0) is 49.1 Å². The molecule has 3 heterocycles. The lowest BCUT2D eigenvalue weighted by molar-refractivity contribution is -0.109. The second-order valence-electron chi connectivity index (χ2n) is 7.81. The number of nitrogens with zero attached hydrogens (tertiary/aromatic N) is 3. The summed E-state index contributed by atoms with van der Waals surface area (Å²) in [5.74, 6) is 0.988. The van der Waals surface area contributed by atoms with Crippen molar-refractivity contribution < 1.29 is 28.5 Å². The Hall–Kier alpha value is -3.17. The molecule has 0 radical (unpaired) electrons. The summed E-state index contributed by atoms with van der Waals surface area (Å²) in [6, 6.07) is 10.9. The summed E-state index contributed by atoms with van der Waals surface area (Å²) >= 11 is 0. The molecule has 1 fully saturated rings. The Bertz CT molecular complexity index is 979. The maximum absolute atomic E-state index is 12.9. The normalized spacial score (nSPS) is 18.0. The molecule has 9 heteroatoms. The SMILES string of the molecule is COC(OC)c1nc2c(cc1CN1C(=O)OCC1C)CCCN2C(=O)Oc1ccccc1. The Morgan fingerprint density at radius 2 is 2.00 bits per heavy atom. The quantitative estimate of drug-likeness (QED) is 0.632. The van der Waals surface area contributed by atoms with Crippen LogP contribution >= 0.6 is 0 Å². The zero-order chi connectivity index (χ0) is 22.7. The molecule has 4 rings (SSSR count). The number of para-hydroxylation sites is 1. The molecule has 2 amide bonds. The van der Waals surface area contributed by atoms with E-state index in [9.17, 15) is 9.59 Å². The predicted molar refractivity (Wildman–Crippen MR) is 115 cm³/mol. The van der Waals surface area contributed by atoms with Crippen molar-refractivity contribution in [2.45, 2.75) is 38.6 Å². The third-order valence-corrected chi connectivity index (χ3v) is 5.65. The van der Waals surface area contributed by atoms with Gasteiger partial charge in [0.1, 0.15) is 23.9 Å². The van der Waals surface area contributed by atoms with Gasteiger partial charge in [0.2, 0.25) is 6.29 Å². The van der Waals surface area contributed by atoms with Crippen LogP contribution in [0.15, 0.2) is 36.4 Å². The highest BCUT2D eigenvalue weighted by Crippen LogP contribution is 2.33. The highest BCUT2D eigenvalue weighted by Gasteiger charge is 2.33. The number of aromatic nitrogens is 1. The van der Waals surface area contributed by atoms with Crippen LogP contribution in [0.25, 0.3) is 0 Å². The number of benzene rings is 1. The Kier molecular flexibility index (Phi) is 6.57. The number of hydrogen-bond donors (Lipinski definition) is 0. The standard InChI is InChI=1S/C23H27N3O6/c1-15-14-31-22(27)26(15)13-17-12-16-8-7-11-25(20(16)24-19(17)21(29-2)30-3)23(28)32-18-9-5-4-6-10-18/h4-6,9-10,12,15,21H,7-8,11,13-14H2,1-3H3. The molecule has 0 aliphatic carbocycles. The first-order valence-corrected chi connectivity index (χ1v) is 10.6. The van der Waals surface area contributed by atoms with Crippen molar-refractivity contribution in [2.75, 3.05) is 32.3 Å². The molecule has 0 bridgehead atoms. The maximum Gasteiger partial charge on any atom is 0.420 e. The van der Waals surface area contributed by atoms with Crippen LogP contribution in [0.2, 0.25) is 0 Å². The summed E-state index contributed by atoms with van der Waals surface area (Å²) < 4.78 is 21.6. The lowest BCUT2D eigenvalue weighted by atomic mass is 10.0. The molecule has 1 unspecified atom stereocenters. The minimum Gasteiger partial charge on any atom is -0.447 e. The van der Waals surface area contributed by atoms with E-state index in [-0.39, 0.29) is 12.1 Å². The van der Waals surface area contributed by atoms with Gasteiger partial charge in [-0.2, -0.15) is 0 Å². The van der Waals surface area contributed by atoms with Crippen molar-refractivity contribution in [3.63, 3.8) is 0 Å². The van der Waals surface area contributed by atoms with Crippen molar-refractivity contribution in [1.82, 2.24) is 9.88 Å². The number of fused-ring (bicyclic) bond motifs is 1. The molecular weight excluding hydrogens is 414 g/mol. The first-order valence-electron chi connectivity index (χ1n) is 10.6. The lowest BCUT2D eigenvalue weighted by Crippen LogP contribution is -2.39. The molecule has 9 nitrogen and oxygen atoms in total. The summed E-state index contributed by atoms with van der Waals surface area (Å²) in [5, 5.41) is 0. The second-order valence-corrected chi connectivity index (χ2v) is 7.81. The van der Waals surface area contributed by atoms with E-state index in [1.807, 2.05) is 31.2 Å². The van der Waals surface area contributed by atoms with Gasteiger partial charge in [0, 0.05) is 20.8 Å². The van der Waals surface area contributed by atoms with E-state index in [2.05, 4.69) is 0 Å². The third kappa shape index (κ3) is 4.39. The minimum atomic E-state index is -0.752. The van der Waals surface area contributed by atoms with Crippen molar-refractivity contribution >= 4 is 18.0 Å². The number of amides is 2. The lowest BCUT2D eigenvalue weighted by Gasteiger charge is -2.30. The predicted octanol–water partition coefficient (Wildman–Crippen LogP) is 3.67. The zero-order valence-electron chi connectivity index (χ0n) is 18.4. The second kappa shape index (κ2) is 9.54. The van der Waals surface area contributed by atoms with E-state index >= 15 is 0 Å². The van der Waals surface area contributed by atoms with Crippen molar-refractivity contribution in [3.8, 4) is 5.75 Å². The van der Waals surface area contributed by atoms with Crippen molar-refractivity contribution in [3.05, 3.63) is 53.2 Å². The highest BCUT2D eigenvalue weighted by molar-refractivity contribution is 5.89. The van der Waals surface area contributed by atoms with Crippen LogP contribution in [0, 0.1) is 0 Å². The average Bonchev–Trinajstić information content (AvgIpc) is 3.12. The van der Waals surface area contributed by atoms with Crippen LogP contribution in [-0.2, 0) is 27.2 Å². The molecule has 0 N–H and O–H groups in total. The van der Waals surface area contributed by atoms with E-state index in [4.69, 9.17) is 23.9 Å². The zero-order valence-corrected chi connectivity index (χ0v) is 18.4.